The summed E-state index contributed by atoms with van der Waals surface area (Å²) in [6, 6.07) is 7.95. The molecule has 2 heteroatoms. The Labute approximate surface area is 90.3 Å². The molecule has 1 aliphatic rings. The van der Waals surface area contributed by atoms with Crippen molar-refractivity contribution in [3.05, 3.63) is 34.9 Å². The third-order valence-electron chi connectivity index (χ3n) is 3.21. The predicted octanol–water partition coefficient (Wildman–Crippen LogP) is 3.31. The molecule has 2 atom stereocenters. The van der Waals surface area contributed by atoms with Gasteiger partial charge in [-0.3, -0.25) is 0 Å². The van der Waals surface area contributed by atoms with Crippen LogP contribution < -0.4 is 5.73 Å². The summed E-state index contributed by atoms with van der Waals surface area (Å²) in [7, 11) is 0. The molecule has 0 aromatic heterocycles. The first kappa shape index (κ1) is 10.0. The fourth-order valence-electron chi connectivity index (χ4n) is 2.44. The maximum absolute atomic E-state index is 6.39. The second-order valence-electron chi connectivity index (χ2n) is 4.48. The van der Waals surface area contributed by atoms with Gasteiger partial charge in [-0.1, -0.05) is 36.7 Å². The Kier molecular flexibility index (Phi) is 2.54. The van der Waals surface area contributed by atoms with Crippen LogP contribution in [0, 0.1) is 5.92 Å². The van der Waals surface area contributed by atoms with Crippen molar-refractivity contribution in [3.8, 4) is 0 Å². The molecule has 0 bridgehead atoms. The summed E-state index contributed by atoms with van der Waals surface area (Å²) in [4.78, 5) is 0. The van der Waals surface area contributed by atoms with E-state index >= 15 is 0 Å². The van der Waals surface area contributed by atoms with Gasteiger partial charge >= 0.3 is 0 Å². The zero-order valence-corrected chi connectivity index (χ0v) is 9.22. The molecule has 1 saturated carbocycles. The molecule has 1 nitrogen and oxygen atoms in total. The van der Waals surface area contributed by atoms with Crippen LogP contribution in [0.15, 0.2) is 24.3 Å². The fraction of sp³-hybridized carbons (Fsp3) is 0.500. The van der Waals surface area contributed by atoms with E-state index in [4.69, 9.17) is 17.3 Å². The molecule has 1 aromatic rings. The lowest BCUT2D eigenvalue weighted by Crippen LogP contribution is -2.33. The number of hydrogen-bond donors (Lipinski definition) is 1. The monoisotopic (exact) mass is 209 g/mol. The third-order valence-corrected chi connectivity index (χ3v) is 3.54. The van der Waals surface area contributed by atoms with Crippen molar-refractivity contribution in [2.45, 2.75) is 31.7 Å². The third kappa shape index (κ3) is 1.67. The molecule has 2 unspecified atom stereocenters. The highest BCUT2D eigenvalue weighted by atomic mass is 35.5. The van der Waals surface area contributed by atoms with E-state index in [9.17, 15) is 0 Å². The summed E-state index contributed by atoms with van der Waals surface area (Å²) in [5.74, 6) is 0.719. The molecule has 1 aliphatic carbocycles. The molecular formula is C12H16ClN. The first-order chi connectivity index (χ1) is 6.62. The lowest BCUT2D eigenvalue weighted by atomic mass is 9.88. The molecule has 1 fully saturated rings. The number of hydrogen-bond acceptors (Lipinski definition) is 1. The van der Waals surface area contributed by atoms with E-state index in [-0.39, 0.29) is 5.54 Å². The van der Waals surface area contributed by atoms with E-state index in [0.717, 1.165) is 29.3 Å². The van der Waals surface area contributed by atoms with Crippen LogP contribution in [0.5, 0.6) is 0 Å². The second kappa shape index (κ2) is 3.56. The van der Waals surface area contributed by atoms with Gasteiger partial charge in [-0.05, 0) is 36.8 Å². The molecule has 0 heterocycles. The van der Waals surface area contributed by atoms with Crippen molar-refractivity contribution in [3.63, 3.8) is 0 Å². The topological polar surface area (TPSA) is 26.0 Å². The normalized spacial score (nSPS) is 32.1. The van der Waals surface area contributed by atoms with Crippen molar-refractivity contribution in [2.24, 2.45) is 11.7 Å². The van der Waals surface area contributed by atoms with Gasteiger partial charge in [0.25, 0.3) is 0 Å². The van der Waals surface area contributed by atoms with Crippen LogP contribution in [0.25, 0.3) is 0 Å². The molecule has 14 heavy (non-hydrogen) atoms. The highest BCUT2D eigenvalue weighted by Crippen LogP contribution is 2.42. The second-order valence-corrected chi connectivity index (χ2v) is 4.89. The minimum Gasteiger partial charge on any atom is -0.321 e. The van der Waals surface area contributed by atoms with Gasteiger partial charge in [-0.15, -0.1) is 0 Å². The largest absolute Gasteiger partial charge is 0.321 e. The van der Waals surface area contributed by atoms with E-state index in [0.29, 0.717) is 0 Å². The minimum absolute atomic E-state index is 0.183. The number of halogens is 1. The minimum atomic E-state index is -0.183. The van der Waals surface area contributed by atoms with Gasteiger partial charge in [0, 0.05) is 10.6 Å². The van der Waals surface area contributed by atoms with Crippen LogP contribution in [0.3, 0.4) is 0 Å². The van der Waals surface area contributed by atoms with Crippen LogP contribution in [-0.4, -0.2) is 0 Å². The van der Waals surface area contributed by atoms with Crippen LogP contribution in [0.1, 0.15) is 31.7 Å². The van der Waals surface area contributed by atoms with Crippen molar-refractivity contribution in [1.82, 2.24) is 0 Å². The average molecular weight is 210 g/mol. The average Bonchev–Trinajstić information content (AvgIpc) is 2.48. The Balaban J connectivity index is 2.35. The van der Waals surface area contributed by atoms with Crippen molar-refractivity contribution < 1.29 is 0 Å². The summed E-state index contributed by atoms with van der Waals surface area (Å²) >= 11 is 6.16. The Morgan fingerprint density at radius 1 is 1.43 bits per heavy atom. The van der Waals surface area contributed by atoms with E-state index in [1.54, 1.807) is 0 Å². The van der Waals surface area contributed by atoms with Crippen LogP contribution in [-0.2, 0) is 5.54 Å². The van der Waals surface area contributed by atoms with E-state index in [1.165, 1.54) is 6.42 Å². The number of benzene rings is 1. The first-order valence-corrected chi connectivity index (χ1v) is 5.53. The number of nitrogens with two attached hydrogens (primary N) is 1. The molecule has 0 amide bonds. The van der Waals surface area contributed by atoms with Crippen molar-refractivity contribution in [2.75, 3.05) is 0 Å². The Morgan fingerprint density at radius 2 is 2.14 bits per heavy atom. The molecule has 2 N–H and O–H groups in total. The van der Waals surface area contributed by atoms with Gasteiger partial charge in [0.1, 0.15) is 0 Å². The summed E-state index contributed by atoms with van der Waals surface area (Å²) in [5.41, 5.74) is 7.32. The Morgan fingerprint density at radius 3 is 2.71 bits per heavy atom. The van der Waals surface area contributed by atoms with Crippen LogP contribution in [0.2, 0.25) is 5.02 Å². The standard InChI is InChI=1S/C12H16ClN/c1-9-6-7-12(14,8-9)10-4-2-3-5-11(10)13/h2-5,9H,6-8,14H2,1H3. The molecule has 2 rings (SSSR count). The van der Waals surface area contributed by atoms with E-state index in [2.05, 4.69) is 13.0 Å². The van der Waals surface area contributed by atoms with Gasteiger partial charge in [0.15, 0.2) is 0 Å². The molecular weight excluding hydrogens is 194 g/mol. The van der Waals surface area contributed by atoms with Gasteiger partial charge in [-0.25, -0.2) is 0 Å². The van der Waals surface area contributed by atoms with E-state index in [1.807, 2.05) is 18.2 Å². The zero-order valence-electron chi connectivity index (χ0n) is 8.46. The van der Waals surface area contributed by atoms with Gasteiger partial charge < -0.3 is 5.73 Å². The van der Waals surface area contributed by atoms with Gasteiger partial charge in [0.05, 0.1) is 0 Å². The smallest absolute Gasteiger partial charge is 0.0456 e. The van der Waals surface area contributed by atoms with Gasteiger partial charge in [-0.2, -0.15) is 0 Å². The lowest BCUT2D eigenvalue weighted by molar-refractivity contribution is 0.441. The quantitative estimate of drug-likeness (QED) is 0.755. The molecule has 76 valence electrons. The summed E-state index contributed by atoms with van der Waals surface area (Å²) < 4.78 is 0. The molecule has 0 radical (unpaired) electrons. The van der Waals surface area contributed by atoms with Gasteiger partial charge in [0.2, 0.25) is 0 Å². The van der Waals surface area contributed by atoms with E-state index < -0.39 is 0 Å². The molecule has 1 aromatic carbocycles. The highest BCUT2D eigenvalue weighted by Gasteiger charge is 2.36. The molecule has 0 saturated heterocycles. The highest BCUT2D eigenvalue weighted by molar-refractivity contribution is 6.31. The van der Waals surface area contributed by atoms with Crippen molar-refractivity contribution in [1.29, 1.82) is 0 Å². The maximum atomic E-state index is 6.39. The summed E-state index contributed by atoms with van der Waals surface area (Å²) in [6.07, 6.45) is 3.32. The summed E-state index contributed by atoms with van der Waals surface area (Å²) in [6.45, 7) is 2.26. The molecule has 0 spiro atoms. The molecule has 0 aliphatic heterocycles. The Hall–Kier alpha value is -0.530. The summed E-state index contributed by atoms with van der Waals surface area (Å²) in [5, 5.41) is 0.809. The Bertz CT molecular complexity index is 337. The van der Waals surface area contributed by atoms with Crippen molar-refractivity contribution >= 4 is 11.6 Å². The van der Waals surface area contributed by atoms with Crippen LogP contribution in [0.4, 0.5) is 0 Å². The maximum Gasteiger partial charge on any atom is 0.0456 e. The SMILES string of the molecule is CC1CCC(N)(c2ccccc2Cl)C1. The zero-order chi connectivity index (χ0) is 10.2. The number of rotatable bonds is 1. The lowest BCUT2D eigenvalue weighted by Gasteiger charge is -2.25. The predicted molar refractivity (Wildman–Crippen MR) is 60.3 cm³/mol. The van der Waals surface area contributed by atoms with Crippen LogP contribution >= 0.6 is 11.6 Å². The first-order valence-electron chi connectivity index (χ1n) is 5.16. The fourth-order valence-corrected chi connectivity index (χ4v) is 2.76.